The highest BCUT2D eigenvalue weighted by atomic mass is 32.2. The van der Waals surface area contributed by atoms with Crippen molar-refractivity contribution in [1.29, 1.82) is 0 Å². The minimum atomic E-state index is -0.322. The maximum Gasteiger partial charge on any atom is 0.237 e. The van der Waals surface area contributed by atoms with Crippen LogP contribution in [0.1, 0.15) is 5.89 Å². The Hall–Kier alpha value is -3.14. The van der Waals surface area contributed by atoms with E-state index in [-0.39, 0.29) is 5.82 Å². The topological polar surface area (TPSA) is 109 Å². The number of furan rings is 1. The summed E-state index contributed by atoms with van der Waals surface area (Å²) in [7, 11) is 0. The molecule has 0 saturated carbocycles. The zero-order valence-electron chi connectivity index (χ0n) is 12.7. The predicted octanol–water partition coefficient (Wildman–Crippen LogP) is 2.73. The molecule has 4 rings (SSSR count). The zero-order chi connectivity index (χ0) is 17.2. The van der Waals surface area contributed by atoms with Gasteiger partial charge in [0.15, 0.2) is 5.76 Å². The van der Waals surface area contributed by atoms with Crippen molar-refractivity contribution < 1.29 is 13.3 Å². The lowest BCUT2D eigenvalue weighted by Crippen LogP contribution is -2.11. The summed E-state index contributed by atoms with van der Waals surface area (Å²) < 4.78 is 24.7. The molecule has 0 unspecified atom stereocenters. The molecule has 0 amide bonds. The van der Waals surface area contributed by atoms with Crippen LogP contribution in [0.4, 0.5) is 4.39 Å². The van der Waals surface area contributed by atoms with Gasteiger partial charge in [-0.05, 0) is 36.4 Å². The van der Waals surface area contributed by atoms with Crippen LogP contribution >= 0.6 is 11.8 Å². The molecular weight excluding hydrogens is 347 g/mol. The summed E-state index contributed by atoms with van der Waals surface area (Å²) in [4.78, 5) is 4.27. The smallest absolute Gasteiger partial charge is 0.237 e. The van der Waals surface area contributed by atoms with Gasteiger partial charge in [-0.15, -0.1) is 10.2 Å². The van der Waals surface area contributed by atoms with Crippen molar-refractivity contribution in [3.63, 3.8) is 0 Å². The van der Waals surface area contributed by atoms with E-state index in [0.717, 1.165) is 0 Å². The molecule has 0 spiro atoms. The number of nitrogens with two attached hydrogens (primary N) is 1. The number of nitrogen functional groups attached to an aromatic ring is 1. The standard InChI is InChI=1S/C15H11FN6O2S/c16-10-5-3-9(4-6-10)13-18-12(24-21-13)8-25-15-20-19-14(22(15)17)11-2-1-7-23-11/h1-7H,8,17H2. The summed E-state index contributed by atoms with van der Waals surface area (Å²) in [6.45, 7) is 0. The molecule has 2 N–H and O–H groups in total. The molecule has 0 atom stereocenters. The Labute approximate surface area is 144 Å². The second-order valence-corrected chi connectivity index (χ2v) is 5.90. The van der Waals surface area contributed by atoms with E-state index in [1.54, 1.807) is 24.3 Å². The van der Waals surface area contributed by atoms with Crippen molar-refractivity contribution in [3.05, 3.63) is 54.4 Å². The van der Waals surface area contributed by atoms with Gasteiger partial charge in [0.1, 0.15) is 5.82 Å². The average molecular weight is 358 g/mol. The van der Waals surface area contributed by atoms with Crippen molar-refractivity contribution in [3.8, 4) is 23.0 Å². The fourth-order valence-electron chi connectivity index (χ4n) is 2.11. The lowest BCUT2D eigenvalue weighted by molar-refractivity contribution is 0.391. The Morgan fingerprint density at radius 1 is 1.16 bits per heavy atom. The summed E-state index contributed by atoms with van der Waals surface area (Å²) in [6, 6.07) is 9.34. The molecule has 10 heteroatoms. The molecule has 4 aromatic rings. The Balaban J connectivity index is 1.46. The van der Waals surface area contributed by atoms with Crippen LogP contribution < -0.4 is 5.84 Å². The molecule has 126 valence electrons. The number of nitrogens with zero attached hydrogens (tertiary/aromatic N) is 5. The summed E-state index contributed by atoms with van der Waals surface area (Å²) in [6.07, 6.45) is 1.53. The van der Waals surface area contributed by atoms with Crippen LogP contribution in [0.5, 0.6) is 0 Å². The third kappa shape index (κ3) is 3.11. The average Bonchev–Trinajstić information content (AvgIpc) is 3.34. The molecule has 0 fully saturated rings. The van der Waals surface area contributed by atoms with Crippen LogP contribution in [-0.2, 0) is 5.75 Å². The normalized spacial score (nSPS) is 11.1. The van der Waals surface area contributed by atoms with Crippen LogP contribution in [0.25, 0.3) is 23.0 Å². The lowest BCUT2D eigenvalue weighted by Gasteiger charge is -1.99. The van der Waals surface area contributed by atoms with E-state index in [1.807, 2.05) is 0 Å². The van der Waals surface area contributed by atoms with E-state index in [2.05, 4.69) is 20.3 Å². The van der Waals surface area contributed by atoms with Crippen molar-refractivity contribution in [2.75, 3.05) is 5.84 Å². The third-order valence-electron chi connectivity index (χ3n) is 3.30. The molecule has 0 saturated heterocycles. The highest BCUT2D eigenvalue weighted by molar-refractivity contribution is 7.98. The van der Waals surface area contributed by atoms with Gasteiger partial charge in [0, 0.05) is 5.56 Å². The molecule has 3 heterocycles. The highest BCUT2D eigenvalue weighted by Crippen LogP contribution is 2.25. The molecule has 1 aromatic carbocycles. The van der Waals surface area contributed by atoms with Crippen molar-refractivity contribution >= 4 is 11.8 Å². The molecule has 3 aromatic heterocycles. The second-order valence-electron chi connectivity index (χ2n) is 4.96. The van der Waals surface area contributed by atoms with Gasteiger partial charge in [0.25, 0.3) is 0 Å². The van der Waals surface area contributed by atoms with Gasteiger partial charge in [-0.2, -0.15) is 4.98 Å². The molecule has 0 bridgehead atoms. The lowest BCUT2D eigenvalue weighted by atomic mass is 10.2. The molecular formula is C15H11FN6O2S. The maximum absolute atomic E-state index is 13.0. The Morgan fingerprint density at radius 2 is 2.00 bits per heavy atom. The first kappa shape index (κ1) is 15.4. The Morgan fingerprint density at radius 3 is 2.76 bits per heavy atom. The highest BCUT2D eigenvalue weighted by Gasteiger charge is 2.16. The maximum atomic E-state index is 13.0. The van der Waals surface area contributed by atoms with Gasteiger partial charge >= 0.3 is 0 Å². The van der Waals surface area contributed by atoms with Crippen molar-refractivity contribution in [2.24, 2.45) is 0 Å². The number of rotatable bonds is 5. The first-order valence-electron chi connectivity index (χ1n) is 7.16. The van der Waals surface area contributed by atoms with E-state index in [9.17, 15) is 4.39 Å². The number of thioether (sulfide) groups is 1. The van der Waals surface area contributed by atoms with Crippen LogP contribution in [0, 0.1) is 5.82 Å². The summed E-state index contributed by atoms with van der Waals surface area (Å²) in [5, 5.41) is 12.4. The predicted molar refractivity (Wildman–Crippen MR) is 87.1 cm³/mol. The third-order valence-corrected chi connectivity index (χ3v) is 4.23. The second kappa shape index (κ2) is 6.40. The van der Waals surface area contributed by atoms with Crippen LogP contribution in [0.2, 0.25) is 0 Å². The number of hydrogen-bond donors (Lipinski definition) is 1. The van der Waals surface area contributed by atoms with E-state index in [0.29, 0.717) is 39.8 Å². The minimum absolute atomic E-state index is 0.322. The van der Waals surface area contributed by atoms with Crippen LogP contribution in [0.15, 0.2) is 56.8 Å². The van der Waals surface area contributed by atoms with Crippen LogP contribution in [0.3, 0.4) is 0 Å². The minimum Gasteiger partial charge on any atom is -0.461 e. The largest absolute Gasteiger partial charge is 0.461 e. The molecule has 0 aliphatic carbocycles. The van der Waals surface area contributed by atoms with Gasteiger partial charge in [-0.3, -0.25) is 0 Å². The van der Waals surface area contributed by atoms with Gasteiger partial charge in [-0.1, -0.05) is 16.9 Å². The SMILES string of the molecule is Nn1c(SCc2nc(-c3ccc(F)cc3)no2)nnc1-c1ccco1. The fraction of sp³-hybridized carbons (Fsp3) is 0.0667. The Bertz CT molecular complexity index is 980. The van der Waals surface area contributed by atoms with Gasteiger partial charge < -0.3 is 14.8 Å². The number of aromatic nitrogens is 5. The number of benzene rings is 1. The van der Waals surface area contributed by atoms with Gasteiger partial charge in [0.05, 0.1) is 12.0 Å². The summed E-state index contributed by atoms with van der Waals surface area (Å²) in [5.41, 5.74) is 0.670. The van der Waals surface area contributed by atoms with Gasteiger partial charge in [0.2, 0.25) is 22.7 Å². The fourth-order valence-corrected chi connectivity index (χ4v) is 2.80. The van der Waals surface area contributed by atoms with Crippen molar-refractivity contribution in [1.82, 2.24) is 25.0 Å². The van der Waals surface area contributed by atoms with E-state index in [1.165, 1.54) is 34.8 Å². The van der Waals surface area contributed by atoms with E-state index < -0.39 is 0 Å². The van der Waals surface area contributed by atoms with Crippen molar-refractivity contribution in [2.45, 2.75) is 10.9 Å². The quantitative estimate of drug-likeness (QED) is 0.428. The zero-order valence-corrected chi connectivity index (χ0v) is 13.5. The first-order chi connectivity index (χ1) is 12.2. The van der Waals surface area contributed by atoms with E-state index in [4.69, 9.17) is 14.8 Å². The summed E-state index contributed by atoms with van der Waals surface area (Å²) in [5.74, 6) is 7.75. The molecule has 0 aliphatic rings. The molecule has 25 heavy (non-hydrogen) atoms. The van der Waals surface area contributed by atoms with Gasteiger partial charge in [-0.25, -0.2) is 9.07 Å². The monoisotopic (exact) mass is 358 g/mol. The molecule has 0 radical (unpaired) electrons. The number of halogens is 1. The Kier molecular flexibility index (Phi) is 3.94. The molecule has 0 aliphatic heterocycles. The summed E-state index contributed by atoms with van der Waals surface area (Å²) >= 11 is 1.30. The molecule has 8 nitrogen and oxygen atoms in total. The first-order valence-corrected chi connectivity index (χ1v) is 8.15. The van der Waals surface area contributed by atoms with Crippen LogP contribution in [-0.4, -0.2) is 25.0 Å². The van der Waals surface area contributed by atoms with E-state index >= 15 is 0 Å². The number of hydrogen-bond acceptors (Lipinski definition) is 8.